The van der Waals surface area contributed by atoms with E-state index in [2.05, 4.69) is 15.3 Å². The van der Waals surface area contributed by atoms with Crippen LogP contribution in [0, 0.1) is 13.8 Å². The Morgan fingerprint density at radius 3 is 2.10 bits per heavy atom. The quantitative estimate of drug-likeness (QED) is 0.627. The maximum Gasteiger partial charge on any atom is 0.253 e. The Balaban J connectivity index is 1.93. The summed E-state index contributed by atoms with van der Waals surface area (Å²) in [6.45, 7) is 9.27. The van der Waals surface area contributed by atoms with Gasteiger partial charge in [0.15, 0.2) is 0 Å². The van der Waals surface area contributed by atoms with Gasteiger partial charge in [-0.1, -0.05) is 29.8 Å². The molecule has 0 aliphatic carbocycles. The van der Waals surface area contributed by atoms with Gasteiger partial charge in [0.25, 0.3) is 11.8 Å². The SMILES string of the molecule is CCN(CC)C(=O)c1cc(C(=O)NCc2cnc(C)nc2)cc(-c2ccc(C)cc2)c1. The molecule has 6 nitrogen and oxygen atoms in total. The summed E-state index contributed by atoms with van der Waals surface area (Å²) in [5.41, 5.74) is 4.71. The Morgan fingerprint density at radius 1 is 0.871 bits per heavy atom. The molecule has 1 heterocycles. The van der Waals surface area contributed by atoms with E-state index >= 15 is 0 Å². The van der Waals surface area contributed by atoms with Gasteiger partial charge in [0.2, 0.25) is 0 Å². The molecule has 0 aliphatic heterocycles. The zero-order valence-corrected chi connectivity index (χ0v) is 18.5. The fourth-order valence-corrected chi connectivity index (χ4v) is 3.28. The predicted molar refractivity (Wildman–Crippen MR) is 122 cm³/mol. The molecule has 6 heteroatoms. The van der Waals surface area contributed by atoms with Gasteiger partial charge in [0, 0.05) is 48.7 Å². The number of benzene rings is 2. The maximum atomic E-state index is 13.0. The second-order valence-corrected chi connectivity index (χ2v) is 7.46. The Labute approximate surface area is 183 Å². The van der Waals surface area contributed by atoms with Crippen LogP contribution in [-0.2, 0) is 6.54 Å². The van der Waals surface area contributed by atoms with E-state index in [1.165, 1.54) is 0 Å². The standard InChI is InChI=1S/C25H28N4O2/c1-5-29(6-2)25(31)23-12-21(20-9-7-17(3)8-10-20)11-22(13-23)24(30)28-16-19-14-26-18(4)27-15-19/h7-15H,5-6,16H2,1-4H3,(H,28,30). The highest BCUT2D eigenvalue weighted by atomic mass is 16.2. The molecule has 31 heavy (non-hydrogen) atoms. The van der Waals surface area contributed by atoms with Crippen LogP contribution in [0.1, 0.15) is 51.5 Å². The van der Waals surface area contributed by atoms with Crippen LogP contribution in [0.3, 0.4) is 0 Å². The van der Waals surface area contributed by atoms with Crippen molar-refractivity contribution in [2.75, 3.05) is 13.1 Å². The van der Waals surface area contributed by atoms with Gasteiger partial charge >= 0.3 is 0 Å². The van der Waals surface area contributed by atoms with Crippen LogP contribution in [0.25, 0.3) is 11.1 Å². The van der Waals surface area contributed by atoms with E-state index in [4.69, 9.17) is 0 Å². The van der Waals surface area contributed by atoms with Gasteiger partial charge in [-0.2, -0.15) is 0 Å². The number of amides is 2. The number of nitrogens with zero attached hydrogens (tertiary/aromatic N) is 3. The van der Waals surface area contributed by atoms with E-state index in [0.29, 0.717) is 36.6 Å². The first-order valence-electron chi connectivity index (χ1n) is 10.5. The number of hydrogen-bond acceptors (Lipinski definition) is 4. The summed E-state index contributed by atoms with van der Waals surface area (Å²) in [5, 5.41) is 2.90. The summed E-state index contributed by atoms with van der Waals surface area (Å²) in [7, 11) is 0. The van der Waals surface area contributed by atoms with E-state index in [-0.39, 0.29) is 11.8 Å². The van der Waals surface area contributed by atoms with Crippen molar-refractivity contribution in [3.8, 4) is 11.1 Å². The molecule has 2 aromatic carbocycles. The largest absolute Gasteiger partial charge is 0.348 e. The van der Waals surface area contributed by atoms with E-state index in [9.17, 15) is 9.59 Å². The van der Waals surface area contributed by atoms with Crippen LogP contribution < -0.4 is 5.32 Å². The lowest BCUT2D eigenvalue weighted by molar-refractivity contribution is 0.0773. The molecule has 0 fully saturated rings. The third-order valence-electron chi connectivity index (χ3n) is 5.17. The van der Waals surface area contributed by atoms with Crippen molar-refractivity contribution >= 4 is 11.8 Å². The van der Waals surface area contributed by atoms with E-state index in [1.54, 1.807) is 23.4 Å². The normalized spacial score (nSPS) is 10.6. The smallest absolute Gasteiger partial charge is 0.253 e. The van der Waals surface area contributed by atoms with Gasteiger partial charge in [-0.05, 0) is 57.0 Å². The summed E-state index contributed by atoms with van der Waals surface area (Å²) in [6.07, 6.45) is 3.39. The molecule has 1 N–H and O–H groups in total. The first-order chi connectivity index (χ1) is 14.9. The van der Waals surface area contributed by atoms with Gasteiger partial charge in [-0.15, -0.1) is 0 Å². The molecule has 0 atom stereocenters. The average Bonchev–Trinajstić information content (AvgIpc) is 2.79. The van der Waals surface area contributed by atoms with Crippen molar-refractivity contribution in [1.29, 1.82) is 0 Å². The molecule has 0 radical (unpaired) electrons. The molecule has 0 saturated heterocycles. The lowest BCUT2D eigenvalue weighted by Crippen LogP contribution is -2.31. The van der Waals surface area contributed by atoms with Gasteiger partial charge < -0.3 is 10.2 Å². The highest BCUT2D eigenvalue weighted by Crippen LogP contribution is 2.24. The fraction of sp³-hybridized carbons (Fsp3) is 0.280. The zero-order chi connectivity index (χ0) is 22.4. The van der Waals surface area contributed by atoms with Crippen LogP contribution in [0.15, 0.2) is 54.9 Å². The average molecular weight is 417 g/mol. The molecule has 3 rings (SSSR count). The fourth-order valence-electron chi connectivity index (χ4n) is 3.28. The minimum Gasteiger partial charge on any atom is -0.348 e. The minimum atomic E-state index is -0.247. The van der Waals surface area contributed by atoms with Gasteiger partial charge in [0.1, 0.15) is 5.82 Å². The van der Waals surface area contributed by atoms with Gasteiger partial charge in [-0.25, -0.2) is 9.97 Å². The lowest BCUT2D eigenvalue weighted by Gasteiger charge is -2.19. The van der Waals surface area contributed by atoms with Crippen molar-refractivity contribution in [1.82, 2.24) is 20.2 Å². The Hall–Kier alpha value is -3.54. The van der Waals surface area contributed by atoms with E-state index in [1.807, 2.05) is 64.1 Å². The molecular weight excluding hydrogens is 388 g/mol. The Bertz CT molecular complexity index is 1060. The third-order valence-corrected chi connectivity index (χ3v) is 5.17. The van der Waals surface area contributed by atoms with Crippen LogP contribution in [0.5, 0.6) is 0 Å². The number of aromatic nitrogens is 2. The van der Waals surface area contributed by atoms with Crippen LogP contribution in [-0.4, -0.2) is 39.8 Å². The summed E-state index contributed by atoms with van der Waals surface area (Å²) in [4.78, 5) is 36.0. The number of aryl methyl sites for hydroxylation is 2. The Morgan fingerprint density at radius 2 is 1.48 bits per heavy atom. The first kappa shape index (κ1) is 22.2. The van der Waals surface area contributed by atoms with Gasteiger partial charge in [0.05, 0.1) is 0 Å². The predicted octanol–water partition coefficient (Wildman–Crippen LogP) is 4.17. The molecule has 0 spiro atoms. The van der Waals surface area contributed by atoms with Gasteiger partial charge in [-0.3, -0.25) is 9.59 Å². The third kappa shape index (κ3) is 5.54. The highest BCUT2D eigenvalue weighted by molar-refractivity contribution is 6.01. The summed E-state index contributed by atoms with van der Waals surface area (Å²) in [5.74, 6) is 0.350. The minimum absolute atomic E-state index is 0.0834. The van der Waals surface area contributed by atoms with Crippen molar-refractivity contribution < 1.29 is 9.59 Å². The molecule has 3 aromatic rings. The van der Waals surface area contributed by atoms with Crippen LogP contribution in [0.4, 0.5) is 0 Å². The molecule has 2 amide bonds. The summed E-state index contributed by atoms with van der Waals surface area (Å²) in [6, 6.07) is 13.4. The Kier molecular flexibility index (Phi) is 7.13. The zero-order valence-electron chi connectivity index (χ0n) is 18.5. The second kappa shape index (κ2) is 9.98. The molecular formula is C25H28N4O2. The molecule has 160 valence electrons. The van der Waals surface area contributed by atoms with E-state index < -0.39 is 0 Å². The van der Waals surface area contributed by atoms with Crippen molar-refractivity contribution in [2.24, 2.45) is 0 Å². The maximum absolute atomic E-state index is 13.0. The molecule has 0 saturated carbocycles. The summed E-state index contributed by atoms with van der Waals surface area (Å²) >= 11 is 0. The molecule has 0 unspecified atom stereocenters. The monoisotopic (exact) mass is 416 g/mol. The lowest BCUT2D eigenvalue weighted by atomic mass is 9.98. The van der Waals surface area contributed by atoms with Crippen LogP contribution >= 0.6 is 0 Å². The van der Waals surface area contributed by atoms with Crippen molar-refractivity contribution in [2.45, 2.75) is 34.2 Å². The highest BCUT2D eigenvalue weighted by Gasteiger charge is 2.17. The topological polar surface area (TPSA) is 75.2 Å². The van der Waals surface area contributed by atoms with Crippen molar-refractivity contribution in [3.05, 3.63) is 82.9 Å². The van der Waals surface area contributed by atoms with E-state index in [0.717, 1.165) is 22.3 Å². The number of hydrogen-bond donors (Lipinski definition) is 1. The number of carbonyl (C=O) groups excluding carboxylic acids is 2. The van der Waals surface area contributed by atoms with Crippen LogP contribution in [0.2, 0.25) is 0 Å². The first-order valence-corrected chi connectivity index (χ1v) is 10.5. The molecule has 0 bridgehead atoms. The number of rotatable bonds is 7. The van der Waals surface area contributed by atoms with Crippen molar-refractivity contribution in [3.63, 3.8) is 0 Å². The number of carbonyl (C=O) groups is 2. The number of nitrogens with one attached hydrogen (secondary N) is 1. The second-order valence-electron chi connectivity index (χ2n) is 7.46. The molecule has 0 aliphatic rings. The molecule has 1 aromatic heterocycles. The summed E-state index contributed by atoms with van der Waals surface area (Å²) < 4.78 is 0.